The van der Waals surface area contributed by atoms with Gasteiger partial charge in [0, 0.05) is 12.6 Å². The molecule has 1 aliphatic heterocycles. The first-order valence-electron chi connectivity index (χ1n) is 7.63. The number of ether oxygens (including phenoxy) is 1. The van der Waals surface area contributed by atoms with Gasteiger partial charge in [0.05, 0.1) is 19.7 Å². The Morgan fingerprint density at radius 2 is 2.30 bits per heavy atom. The quantitative estimate of drug-likeness (QED) is 0.779. The predicted molar refractivity (Wildman–Crippen MR) is 87.0 cm³/mol. The molecule has 0 bridgehead atoms. The number of nitrogens with zero attached hydrogens (tertiary/aromatic N) is 1. The van der Waals surface area contributed by atoms with Crippen LogP contribution in [0.1, 0.15) is 18.4 Å². The van der Waals surface area contributed by atoms with Crippen molar-refractivity contribution in [3.63, 3.8) is 0 Å². The number of likely N-dealkylation sites (tertiary alicyclic amines) is 1. The van der Waals surface area contributed by atoms with Crippen molar-refractivity contribution in [3.8, 4) is 5.75 Å². The number of hydrogen-bond donors (Lipinski definition) is 2. The highest BCUT2D eigenvalue weighted by Crippen LogP contribution is 2.16. The molecule has 0 aliphatic carbocycles. The zero-order chi connectivity index (χ0) is 16.7. The molecule has 1 aromatic carbocycles. The predicted octanol–water partition coefficient (Wildman–Crippen LogP) is 1.58. The van der Waals surface area contributed by atoms with Gasteiger partial charge in [0.2, 0.25) is 5.91 Å². The van der Waals surface area contributed by atoms with E-state index >= 15 is 0 Å². The van der Waals surface area contributed by atoms with Gasteiger partial charge >= 0.3 is 5.97 Å². The molecular weight excluding hydrogens is 296 g/mol. The molecule has 2 rings (SSSR count). The van der Waals surface area contributed by atoms with E-state index in [1.54, 1.807) is 13.2 Å². The second-order valence-corrected chi connectivity index (χ2v) is 5.56. The summed E-state index contributed by atoms with van der Waals surface area (Å²) in [4.78, 5) is 24.8. The molecule has 1 unspecified atom stereocenters. The number of hydrogen-bond acceptors (Lipinski definition) is 4. The molecule has 1 aliphatic rings. The smallest absolute Gasteiger partial charge is 0.307 e. The molecule has 1 saturated heterocycles. The van der Waals surface area contributed by atoms with Crippen molar-refractivity contribution in [1.82, 2.24) is 10.2 Å². The Labute approximate surface area is 135 Å². The largest absolute Gasteiger partial charge is 0.497 e. The number of benzene rings is 1. The van der Waals surface area contributed by atoms with Crippen molar-refractivity contribution in [3.05, 3.63) is 35.9 Å². The normalized spacial score (nSPS) is 18.7. The summed E-state index contributed by atoms with van der Waals surface area (Å²) in [6.07, 6.45) is 4.73. The molecule has 6 heteroatoms. The van der Waals surface area contributed by atoms with Gasteiger partial charge < -0.3 is 15.2 Å². The molecular formula is C17H22N2O4. The first-order valence-corrected chi connectivity index (χ1v) is 7.63. The number of carboxylic acids is 1. The first-order chi connectivity index (χ1) is 11.1. The van der Waals surface area contributed by atoms with Gasteiger partial charge in [0.15, 0.2) is 0 Å². The number of rotatable bonds is 6. The summed E-state index contributed by atoms with van der Waals surface area (Å²) in [5.41, 5.74) is 0.878. The number of methoxy groups -OCH3 is 1. The zero-order valence-electron chi connectivity index (χ0n) is 13.2. The van der Waals surface area contributed by atoms with E-state index < -0.39 is 5.97 Å². The minimum absolute atomic E-state index is 0.203. The number of carboxylic acid groups (broad SMARTS) is 1. The molecule has 124 valence electrons. The second-order valence-electron chi connectivity index (χ2n) is 5.56. The molecule has 1 fully saturated rings. The summed E-state index contributed by atoms with van der Waals surface area (Å²) in [6, 6.07) is 7.42. The van der Waals surface area contributed by atoms with E-state index in [1.165, 1.54) is 6.08 Å². The molecule has 1 aromatic rings. The van der Waals surface area contributed by atoms with Crippen LogP contribution >= 0.6 is 0 Å². The van der Waals surface area contributed by atoms with Crippen LogP contribution in [0.4, 0.5) is 0 Å². The average molecular weight is 318 g/mol. The van der Waals surface area contributed by atoms with E-state index in [4.69, 9.17) is 9.84 Å². The lowest BCUT2D eigenvalue weighted by Gasteiger charge is -2.30. The SMILES string of the molecule is COc1cccc(/C=C/C(=O)NCN2CCCC(C(=O)O)C2)c1. The number of nitrogens with one attached hydrogen (secondary N) is 1. The van der Waals surface area contributed by atoms with Gasteiger partial charge in [0.25, 0.3) is 0 Å². The Bertz CT molecular complexity index is 586. The summed E-state index contributed by atoms with van der Waals surface area (Å²) in [6.45, 7) is 1.66. The molecule has 0 saturated carbocycles. The van der Waals surface area contributed by atoms with Crippen molar-refractivity contribution in [2.24, 2.45) is 5.92 Å². The van der Waals surface area contributed by atoms with Gasteiger partial charge in [-0.25, -0.2) is 0 Å². The van der Waals surface area contributed by atoms with Gasteiger partial charge in [0.1, 0.15) is 5.75 Å². The highest BCUT2D eigenvalue weighted by Gasteiger charge is 2.25. The third kappa shape index (κ3) is 5.41. The van der Waals surface area contributed by atoms with Crippen LogP contribution in [-0.4, -0.2) is 48.8 Å². The standard InChI is InChI=1S/C17H22N2O4/c1-23-15-6-2-4-13(10-15)7-8-16(20)18-12-19-9-3-5-14(11-19)17(21)22/h2,4,6-8,10,14H,3,5,9,11-12H2,1H3,(H,18,20)(H,21,22)/b8-7+. The molecule has 1 amide bonds. The number of carbonyl (C=O) groups is 2. The highest BCUT2D eigenvalue weighted by molar-refractivity contribution is 5.91. The molecule has 0 aromatic heterocycles. The summed E-state index contributed by atoms with van der Waals surface area (Å²) < 4.78 is 5.13. The summed E-state index contributed by atoms with van der Waals surface area (Å²) in [5, 5.41) is 11.8. The lowest BCUT2D eigenvalue weighted by atomic mass is 9.99. The Balaban J connectivity index is 1.80. The van der Waals surface area contributed by atoms with Crippen LogP contribution in [0.5, 0.6) is 5.75 Å². The maximum absolute atomic E-state index is 11.9. The molecule has 2 N–H and O–H groups in total. The molecule has 1 heterocycles. The molecule has 6 nitrogen and oxygen atoms in total. The van der Waals surface area contributed by atoms with Crippen molar-refractivity contribution < 1.29 is 19.4 Å². The van der Waals surface area contributed by atoms with Crippen LogP contribution in [0.15, 0.2) is 30.3 Å². The van der Waals surface area contributed by atoms with Gasteiger partial charge in [-0.15, -0.1) is 0 Å². The van der Waals surface area contributed by atoms with E-state index in [0.29, 0.717) is 19.6 Å². The molecule has 1 atom stereocenters. The van der Waals surface area contributed by atoms with Crippen LogP contribution in [0.25, 0.3) is 6.08 Å². The minimum Gasteiger partial charge on any atom is -0.497 e. The van der Waals surface area contributed by atoms with Crippen LogP contribution in [0.2, 0.25) is 0 Å². The van der Waals surface area contributed by atoms with Crippen LogP contribution < -0.4 is 10.1 Å². The Kier molecular flexibility index (Phi) is 6.17. The van der Waals surface area contributed by atoms with Crippen LogP contribution in [0, 0.1) is 5.92 Å². The van der Waals surface area contributed by atoms with E-state index in [1.807, 2.05) is 29.2 Å². The number of aliphatic carboxylic acids is 1. The number of amides is 1. The topological polar surface area (TPSA) is 78.9 Å². The van der Waals surface area contributed by atoms with Gasteiger partial charge in [-0.2, -0.15) is 0 Å². The zero-order valence-corrected chi connectivity index (χ0v) is 13.2. The van der Waals surface area contributed by atoms with Crippen molar-refractivity contribution >= 4 is 18.0 Å². The monoisotopic (exact) mass is 318 g/mol. The number of piperidine rings is 1. The Morgan fingerprint density at radius 3 is 3.04 bits per heavy atom. The average Bonchev–Trinajstić information content (AvgIpc) is 2.58. The maximum atomic E-state index is 11.9. The van der Waals surface area contributed by atoms with Gasteiger partial charge in [-0.05, 0) is 43.2 Å². The van der Waals surface area contributed by atoms with E-state index in [9.17, 15) is 9.59 Å². The van der Waals surface area contributed by atoms with Gasteiger partial charge in [-0.1, -0.05) is 12.1 Å². The summed E-state index contributed by atoms with van der Waals surface area (Å²) >= 11 is 0. The molecule has 0 spiro atoms. The lowest BCUT2D eigenvalue weighted by molar-refractivity contribution is -0.143. The molecule has 0 radical (unpaired) electrons. The summed E-state index contributed by atoms with van der Waals surface area (Å²) in [7, 11) is 1.60. The summed E-state index contributed by atoms with van der Waals surface area (Å²) in [5.74, 6) is -0.571. The highest BCUT2D eigenvalue weighted by atomic mass is 16.5. The van der Waals surface area contributed by atoms with E-state index in [2.05, 4.69) is 5.32 Å². The van der Waals surface area contributed by atoms with Crippen molar-refractivity contribution in [2.45, 2.75) is 12.8 Å². The van der Waals surface area contributed by atoms with E-state index in [-0.39, 0.29) is 11.8 Å². The fourth-order valence-electron chi connectivity index (χ4n) is 2.57. The fraction of sp³-hybridized carbons (Fsp3) is 0.412. The maximum Gasteiger partial charge on any atom is 0.307 e. The van der Waals surface area contributed by atoms with Crippen LogP contribution in [-0.2, 0) is 9.59 Å². The fourth-order valence-corrected chi connectivity index (χ4v) is 2.57. The second kappa shape index (κ2) is 8.33. The Hall–Kier alpha value is -2.34. The van der Waals surface area contributed by atoms with Gasteiger partial charge in [-0.3, -0.25) is 14.5 Å². The third-order valence-corrected chi connectivity index (χ3v) is 3.85. The first kappa shape index (κ1) is 17.0. The van der Waals surface area contributed by atoms with E-state index in [0.717, 1.165) is 24.3 Å². The number of carbonyl (C=O) groups excluding carboxylic acids is 1. The lowest BCUT2D eigenvalue weighted by Crippen LogP contribution is -2.44. The van der Waals surface area contributed by atoms with Crippen molar-refractivity contribution in [1.29, 1.82) is 0 Å². The third-order valence-electron chi connectivity index (χ3n) is 3.85. The van der Waals surface area contributed by atoms with Crippen molar-refractivity contribution in [2.75, 3.05) is 26.9 Å². The van der Waals surface area contributed by atoms with Crippen LogP contribution in [0.3, 0.4) is 0 Å². The Morgan fingerprint density at radius 1 is 1.48 bits per heavy atom. The minimum atomic E-state index is -0.765. The molecule has 23 heavy (non-hydrogen) atoms.